The summed E-state index contributed by atoms with van der Waals surface area (Å²) in [6.45, 7) is 0. The van der Waals surface area contributed by atoms with Gasteiger partial charge in [-0.2, -0.15) is 5.26 Å². The first kappa shape index (κ1) is 15.1. The summed E-state index contributed by atoms with van der Waals surface area (Å²) in [5, 5.41) is 8.88. The Labute approximate surface area is 123 Å². The zero-order valence-electron chi connectivity index (χ0n) is 11.1. The van der Waals surface area contributed by atoms with Crippen LogP contribution in [0, 0.1) is 23.0 Å². The zero-order chi connectivity index (χ0) is 15.4. The van der Waals surface area contributed by atoms with Crippen molar-refractivity contribution in [3.8, 4) is 11.8 Å². The number of halogens is 2. The van der Waals surface area contributed by atoms with Crippen molar-refractivity contribution in [2.24, 2.45) is 0 Å². The molecule has 0 fully saturated rings. The Kier molecular flexibility index (Phi) is 4.66. The number of ether oxygens (including phenoxy) is 1. The van der Waals surface area contributed by atoms with Gasteiger partial charge >= 0.3 is 0 Å². The van der Waals surface area contributed by atoms with Crippen LogP contribution in [0.15, 0.2) is 41.3 Å². The molecule has 3 nitrogen and oxygen atoms in total. The van der Waals surface area contributed by atoms with Crippen LogP contribution in [-0.4, -0.2) is 11.3 Å². The molecule has 0 radical (unpaired) electrons. The van der Waals surface area contributed by atoms with Gasteiger partial charge in [-0.05, 0) is 36.4 Å². The summed E-state index contributed by atoms with van der Waals surface area (Å²) in [6.07, 6.45) is 0. The lowest BCUT2D eigenvalue weighted by Gasteiger charge is -2.09. The highest BCUT2D eigenvalue weighted by molar-refractivity contribution is 7.84. The minimum Gasteiger partial charge on any atom is -0.496 e. The summed E-state index contributed by atoms with van der Waals surface area (Å²) < 4.78 is 44.1. The van der Waals surface area contributed by atoms with Crippen molar-refractivity contribution in [3.63, 3.8) is 0 Å². The number of benzene rings is 2. The fourth-order valence-corrected chi connectivity index (χ4v) is 3.02. The summed E-state index contributed by atoms with van der Waals surface area (Å²) in [5.41, 5.74) is 0.876. The maximum absolute atomic E-state index is 13.6. The van der Waals surface area contributed by atoms with Gasteiger partial charge in [0.2, 0.25) is 0 Å². The molecule has 0 aliphatic heterocycles. The van der Waals surface area contributed by atoms with E-state index in [0.717, 1.165) is 18.2 Å². The van der Waals surface area contributed by atoms with Gasteiger partial charge in [0.1, 0.15) is 17.4 Å². The lowest BCUT2D eigenvalue weighted by molar-refractivity contribution is 0.411. The fraction of sp³-hybridized carbons (Fsp3) is 0.133. The van der Waals surface area contributed by atoms with Crippen LogP contribution in [0.2, 0.25) is 0 Å². The van der Waals surface area contributed by atoms with Crippen LogP contribution in [0.4, 0.5) is 8.78 Å². The quantitative estimate of drug-likeness (QED) is 0.872. The van der Waals surface area contributed by atoms with Gasteiger partial charge in [-0.25, -0.2) is 8.78 Å². The van der Waals surface area contributed by atoms with Crippen LogP contribution in [0.5, 0.6) is 5.75 Å². The smallest absolute Gasteiger partial charge is 0.139 e. The second-order valence-electron chi connectivity index (χ2n) is 4.20. The minimum atomic E-state index is -1.78. The van der Waals surface area contributed by atoms with E-state index in [1.54, 1.807) is 12.1 Å². The van der Waals surface area contributed by atoms with Gasteiger partial charge < -0.3 is 4.74 Å². The predicted octanol–water partition coefficient (Wildman–Crippen LogP) is 3.15. The van der Waals surface area contributed by atoms with Gasteiger partial charge in [0.15, 0.2) is 0 Å². The highest BCUT2D eigenvalue weighted by Gasteiger charge is 2.15. The van der Waals surface area contributed by atoms with Crippen LogP contribution in [-0.2, 0) is 16.6 Å². The highest BCUT2D eigenvalue weighted by atomic mass is 32.2. The molecule has 1 atom stereocenters. The van der Waals surface area contributed by atoms with E-state index in [4.69, 9.17) is 10.00 Å². The van der Waals surface area contributed by atoms with Crippen molar-refractivity contribution in [2.75, 3.05) is 7.11 Å². The lowest BCUT2D eigenvalue weighted by atomic mass is 10.1. The van der Waals surface area contributed by atoms with Gasteiger partial charge in [0, 0.05) is 5.56 Å². The van der Waals surface area contributed by atoms with Crippen molar-refractivity contribution in [1.29, 1.82) is 5.26 Å². The Morgan fingerprint density at radius 2 is 2.00 bits per heavy atom. The normalized spacial score (nSPS) is 11.7. The molecule has 0 amide bonds. The van der Waals surface area contributed by atoms with E-state index in [1.165, 1.54) is 13.2 Å². The van der Waals surface area contributed by atoms with Crippen LogP contribution in [0.1, 0.15) is 11.1 Å². The molecule has 0 aromatic heterocycles. The Bertz CT molecular complexity index is 741. The first-order chi connectivity index (χ1) is 10.0. The third-order valence-corrected chi connectivity index (χ3v) is 4.21. The molecule has 21 heavy (non-hydrogen) atoms. The summed E-state index contributed by atoms with van der Waals surface area (Å²) in [7, 11) is -0.342. The van der Waals surface area contributed by atoms with E-state index in [0.29, 0.717) is 16.9 Å². The van der Waals surface area contributed by atoms with Crippen LogP contribution in [0.25, 0.3) is 0 Å². The van der Waals surface area contributed by atoms with Gasteiger partial charge in [0.05, 0.1) is 40.2 Å². The van der Waals surface area contributed by atoms with E-state index in [9.17, 15) is 13.0 Å². The van der Waals surface area contributed by atoms with Crippen molar-refractivity contribution in [2.45, 2.75) is 10.6 Å². The minimum absolute atomic E-state index is 0.0704. The molecule has 108 valence electrons. The van der Waals surface area contributed by atoms with E-state index < -0.39 is 22.4 Å². The number of methoxy groups -OCH3 is 1. The van der Waals surface area contributed by atoms with Gasteiger partial charge in [0.25, 0.3) is 0 Å². The van der Waals surface area contributed by atoms with Gasteiger partial charge in [-0.3, -0.25) is 4.21 Å². The largest absolute Gasteiger partial charge is 0.496 e. The standard InChI is InChI=1S/C15H11F2NO2S/c1-20-14-5-2-10(8-18)6-11(14)9-21(19)15-7-12(16)3-4-13(15)17/h2-7H,9H2,1H3. The topological polar surface area (TPSA) is 50.1 Å². The molecule has 6 heteroatoms. The van der Waals surface area contributed by atoms with E-state index >= 15 is 0 Å². The molecule has 0 aliphatic carbocycles. The summed E-state index contributed by atoms with van der Waals surface area (Å²) in [4.78, 5) is -0.209. The first-order valence-electron chi connectivity index (χ1n) is 5.95. The van der Waals surface area contributed by atoms with E-state index in [-0.39, 0.29) is 10.6 Å². The maximum atomic E-state index is 13.6. The van der Waals surface area contributed by atoms with E-state index in [1.807, 2.05) is 6.07 Å². The number of hydrogen-bond donors (Lipinski definition) is 0. The average Bonchev–Trinajstić information content (AvgIpc) is 2.49. The summed E-state index contributed by atoms with van der Waals surface area (Å²) >= 11 is 0. The monoisotopic (exact) mass is 307 g/mol. The second-order valence-corrected chi connectivity index (χ2v) is 5.62. The molecule has 0 saturated heterocycles. The molecule has 0 heterocycles. The molecule has 0 spiro atoms. The van der Waals surface area contributed by atoms with Crippen LogP contribution < -0.4 is 4.74 Å². The van der Waals surface area contributed by atoms with Crippen molar-refractivity contribution < 1.29 is 17.7 Å². The first-order valence-corrected chi connectivity index (χ1v) is 7.27. The molecule has 1 unspecified atom stereocenters. The Morgan fingerprint density at radius 3 is 2.67 bits per heavy atom. The second kappa shape index (κ2) is 6.46. The molecule has 0 aliphatic rings. The summed E-state index contributed by atoms with van der Waals surface area (Å²) in [6, 6.07) is 9.44. The number of rotatable bonds is 4. The van der Waals surface area contributed by atoms with Crippen molar-refractivity contribution in [3.05, 3.63) is 59.2 Å². The number of nitrogens with zero attached hydrogens (tertiary/aromatic N) is 1. The molecule has 0 N–H and O–H groups in total. The Morgan fingerprint density at radius 1 is 1.24 bits per heavy atom. The molecular formula is C15H11F2NO2S. The Balaban J connectivity index is 2.35. The third-order valence-electron chi connectivity index (χ3n) is 2.83. The van der Waals surface area contributed by atoms with Gasteiger partial charge in [-0.1, -0.05) is 0 Å². The maximum Gasteiger partial charge on any atom is 0.139 e. The average molecular weight is 307 g/mol. The molecule has 0 saturated carbocycles. The molecule has 2 aromatic carbocycles. The number of hydrogen-bond acceptors (Lipinski definition) is 3. The lowest BCUT2D eigenvalue weighted by Crippen LogP contribution is -2.02. The van der Waals surface area contributed by atoms with E-state index in [2.05, 4.69) is 0 Å². The van der Waals surface area contributed by atoms with Crippen LogP contribution >= 0.6 is 0 Å². The van der Waals surface area contributed by atoms with Gasteiger partial charge in [-0.15, -0.1) is 0 Å². The predicted molar refractivity (Wildman–Crippen MR) is 74.2 cm³/mol. The summed E-state index contributed by atoms with van der Waals surface area (Å²) in [5.74, 6) is -1.01. The van der Waals surface area contributed by atoms with Crippen molar-refractivity contribution >= 4 is 10.8 Å². The van der Waals surface area contributed by atoms with Crippen molar-refractivity contribution in [1.82, 2.24) is 0 Å². The third kappa shape index (κ3) is 3.44. The molecule has 2 aromatic rings. The number of nitriles is 1. The molecule has 2 rings (SSSR count). The molecule has 0 bridgehead atoms. The zero-order valence-corrected chi connectivity index (χ0v) is 11.9. The fourth-order valence-electron chi connectivity index (χ4n) is 1.83. The molecular weight excluding hydrogens is 296 g/mol. The highest BCUT2D eigenvalue weighted by Crippen LogP contribution is 2.24. The SMILES string of the molecule is COc1ccc(C#N)cc1CS(=O)c1cc(F)ccc1F. The Hall–Kier alpha value is -2.26. The van der Waals surface area contributed by atoms with Crippen LogP contribution in [0.3, 0.4) is 0 Å².